The van der Waals surface area contributed by atoms with Crippen molar-refractivity contribution in [3.8, 4) is 5.75 Å². The lowest BCUT2D eigenvalue weighted by molar-refractivity contribution is -0.149. The second-order valence-electron chi connectivity index (χ2n) is 6.66. The summed E-state index contributed by atoms with van der Waals surface area (Å²) in [7, 11) is 0. The van der Waals surface area contributed by atoms with E-state index >= 15 is 0 Å². The number of amides is 2. The maximum absolute atomic E-state index is 13.0. The monoisotopic (exact) mass is 376 g/mol. The number of aliphatic carboxylic acids is 1. The van der Waals surface area contributed by atoms with Gasteiger partial charge in [-0.3, -0.25) is 14.4 Å². The lowest BCUT2D eigenvalue weighted by atomic mass is 10.0. The Bertz CT molecular complexity index is 722. The minimum Gasteiger partial charge on any atom is -0.492 e. The predicted octanol–water partition coefficient (Wildman–Crippen LogP) is 1.14. The van der Waals surface area contributed by atoms with Crippen molar-refractivity contribution in [2.45, 2.75) is 25.8 Å². The molecular formula is C19H24N2O6. The van der Waals surface area contributed by atoms with Gasteiger partial charge in [-0.15, -0.1) is 0 Å². The number of para-hydroxylation sites is 2. The van der Waals surface area contributed by atoms with Crippen molar-refractivity contribution in [3.63, 3.8) is 0 Å². The summed E-state index contributed by atoms with van der Waals surface area (Å²) in [5, 5.41) is 9.07. The molecule has 2 unspecified atom stereocenters. The highest BCUT2D eigenvalue weighted by atomic mass is 16.5. The SMILES string of the molecule is CCOc1ccccc1N1CC(C(=O)N2CCOCC2CC(=O)O)CC1=O. The second-order valence-corrected chi connectivity index (χ2v) is 6.66. The molecule has 2 fully saturated rings. The number of benzene rings is 1. The summed E-state index contributed by atoms with van der Waals surface area (Å²) < 4.78 is 10.9. The first-order valence-electron chi connectivity index (χ1n) is 9.13. The van der Waals surface area contributed by atoms with Gasteiger partial charge in [-0.2, -0.15) is 0 Å². The van der Waals surface area contributed by atoms with E-state index in [9.17, 15) is 14.4 Å². The Morgan fingerprint density at radius 1 is 1.33 bits per heavy atom. The zero-order valence-electron chi connectivity index (χ0n) is 15.3. The lowest BCUT2D eigenvalue weighted by Crippen LogP contribution is -2.51. The molecule has 2 saturated heterocycles. The van der Waals surface area contributed by atoms with Crippen molar-refractivity contribution >= 4 is 23.5 Å². The van der Waals surface area contributed by atoms with E-state index in [1.165, 1.54) is 0 Å². The Morgan fingerprint density at radius 2 is 2.11 bits per heavy atom. The molecule has 0 aromatic heterocycles. The average molecular weight is 376 g/mol. The first kappa shape index (κ1) is 19.2. The van der Waals surface area contributed by atoms with Gasteiger partial charge in [-0.1, -0.05) is 12.1 Å². The molecular weight excluding hydrogens is 352 g/mol. The fourth-order valence-electron chi connectivity index (χ4n) is 3.61. The van der Waals surface area contributed by atoms with Crippen LogP contribution in [0.25, 0.3) is 0 Å². The van der Waals surface area contributed by atoms with Crippen LogP contribution in [0.1, 0.15) is 19.8 Å². The number of anilines is 1. The van der Waals surface area contributed by atoms with Crippen LogP contribution in [0, 0.1) is 5.92 Å². The molecule has 0 radical (unpaired) electrons. The van der Waals surface area contributed by atoms with Crippen LogP contribution in [0.15, 0.2) is 24.3 Å². The van der Waals surface area contributed by atoms with Gasteiger partial charge in [0.2, 0.25) is 11.8 Å². The van der Waals surface area contributed by atoms with Gasteiger partial charge in [-0.05, 0) is 19.1 Å². The van der Waals surface area contributed by atoms with Gasteiger partial charge < -0.3 is 24.4 Å². The molecule has 3 rings (SSSR count). The Labute approximate surface area is 157 Å². The molecule has 8 nitrogen and oxygen atoms in total. The van der Waals surface area contributed by atoms with Gasteiger partial charge in [-0.25, -0.2) is 0 Å². The maximum atomic E-state index is 13.0. The Morgan fingerprint density at radius 3 is 2.85 bits per heavy atom. The Hall–Kier alpha value is -2.61. The van der Waals surface area contributed by atoms with Crippen LogP contribution in [-0.2, 0) is 19.1 Å². The molecule has 0 saturated carbocycles. The van der Waals surface area contributed by atoms with E-state index in [4.69, 9.17) is 14.6 Å². The van der Waals surface area contributed by atoms with Gasteiger partial charge in [0.25, 0.3) is 0 Å². The summed E-state index contributed by atoms with van der Waals surface area (Å²) in [4.78, 5) is 39.8. The van der Waals surface area contributed by atoms with E-state index in [-0.39, 0.29) is 37.8 Å². The number of rotatable bonds is 6. The van der Waals surface area contributed by atoms with Crippen LogP contribution in [0.2, 0.25) is 0 Å². The summed E-state index contributed by atoms with van der Waals surface area (Å²) in [5.41, 5.74) is 0.656. The quantitative estimate of drug-likeness (QED) is 0.800. The van der Waals surface area contributed by atoms with E-state index in [2.05, 4.69) is 0 Å². The number of carbonyl (C=O) groups excluding carboxylic acids is 2. The molecule has 146 valence electrons. The van der Waals surface area contributed by atoms with Crippen molar-refractivity contribution in [2.75, 3.05) is 37.8 Å². The van der Waals surface area contributed by atoms with Crippen LogP contribution >= 0.6 is 0 Å². The number of ether oxygens (including phenoxy) is 2. The first-order valence-corrected chi connectivity index (χ1v) is 9.13. The molecule has 2 amide bonds. The zero-order valence-corrected chi connectivity index (χ0v) is 15.3. The normalized spacial score (nSPS) is 22.8. The van der Waals surface area contributed by atoms with Gasteiger partial charge in [0.1, 0.15) is 5.75 Å². The van der Waals surface area contributed by atoms with Crippen molar-refractivity contribution in [2.24, 2.45) is 5.92 Å². The number of hydrogen-bond acceptors (Lipinski definition) is 5. The maximum Gasteiger partial charge on any atom is 0.305 e. The summed E-state index contributed by atoms with van der Waals surface area (Å²) in [6.45, 7) is 3.53. The number of carboxylic acid groups (broad SMARTS) is 1. The van der Waals surface area contributed by atoms with Gasteiger partial charge in [0.15, 0.2) is 0 Å². The number of morpholine rings is 1. The molecule has 1 aromatic rings. The van der Waals surface area contributed by atoms with Crippen LogP contribution < -0.4 is 9.64 Å². The van der Waals surface area contributed by atoms with Crippen molar-refractivity contribution in [1.82, 2.24) is 4.90 Å². The van der Waals surface area contributed by atoms with Crippen molar-refractivity contribution in [1.29, 1.82) is 0 Å². The minimum atomic E-state index is -0.974. The van der Waals surface area contributed by atoms with Gasteiger partial charge >= 0.3 is 5.97 Å². The molecule has 2 aliphatic heterocycles. The summed E-state index contributed by atoms with van der Waals surface area (Å²) >= 11 is 0. The topological polar surface area (TPSA) is 96.4 Å². The number of carboxylic acids is 1. The molecule has 0 spiro atoms. The standard InChI is InChI=1S/C19H24N2O6/c1-2-27-16-6-4-3-5-15(16)21-11-13(9-17(21)22)19(25)20-7-8-26-12-14(20)10-18(23)24/h3-6,13-14H,2,7-12H2,1H3,(H,23,24). The molecule has 0 aliphatic carbocycles. The van der Waals surface area contributed by atoms with E-state index in [0.29, 0.717) is 31.2 Å². The fourth-order valence-corrected chi connectivity index (χ4v) is 3.61. The van der Waals surface area contributed by atoms with Crippen LogP contribution in [-0.4, -0.2) is 66.7 Å². The largest absolute Gasteiger partial charge is 0.492 e. The smallest absolute Gasteiger partial charge is 0.305 e. The zero-order chi connectivity index (χ0) is 19.4. The van der Waals surface area contributed by atoms with Crippen LogP contribution in [0.5, 0.6) is 5.75 Å². The molecule has 8 heteroatoms. The molecule has 27 heavy (non-hydrogen) atoms. The minimum absolute atomic E-state index is 0.108. The summed E-state index contributed by atoms with van der Waals surface area (Å²) in [6.07, 6.45) is -0.0558. The third kappa shape index (κ3) is 4.21. The van der Waals surface area contributed by atoms with Gasteiger partial charge in [0.05, 0.1) is 43.9 Å². The number of carbonyl (C=O) groups is 3. The molecule has 1 aromatic carbocycles. The van der Waals surface area contributed by atoms with Gasteiger partial charge in [0, 0.05) is 19.5 Å². The average Bonchev–Trinajstić information content (AvgIpc) is 3.03. The summed E-state index contributed by atoms with van der Waals surface area (Å²) in [5.74, 6) is -1.19. The summed E-state index contributed by atoms with van der Waals surface area (Å²) in [6, 6.07) is 6.76. The highest BCUT2D eigenvalue weighted by Crippen LogP contribution is 2.34. The second kappa shape index (κ2) is 8.39. The van der Waals surface area contributed by atoms with Crippen molar-refractivity contribution in [3.05, 3.63) is 24.3 Å². The van der Waals surface area contributed by atoms with E-state index in [1.807, 2.05) is 19.1 Å². The third-order valence-corrected chi connectivity index (χ3v) is 4.85. The molecule has 2 atom stereocenters. The first-order chi connectivity index (χ1) is 13.0. The Balaban J connectivity index is 1.74. The highest BCUT2D eigenvalue weighted by Gasteiger charge is 2.40. The van der Waals surface area contributed by atoms with E-state index in [0.717, 1.165) is 0 Å². The lowest BCUT2D eigenvalue weighted by Gasteiger charge is -2.36. The molecule has 0 bridgehead atoms. The number of hydrogen-bond donors (Lipinski definition) is 1. The molecule has 2 heterocycles. The van der Waals surface area contributed by atoms with E-state index < -0.39 is 17.9 Å². The van der Waals surface area contributed by atoms with Crippen LogP contribution in [0.4, 0.5) is 5.69 Å². The van der Waals surface area contributed by atoms with E-state index in [1.54, 1.807) is 21.9 Å². The molecule has 2 aliphatic rings. The number of nitrogens with zero attached hydrogens (tertiary/aromatic N) is 2. The predicted molar refractivity (Wildman–Crippen MR) is 96.6 cm³/mol. The Kier molecular flexibility index (Phi) is 5.95. The third-order valence-electron chi connectivity index (χ3n) is 4.85. The van der Waals surface area contributed by atoms with Crippen molar-refractivity contribution < 1.29 is 29.0 Å². The highest BCUT2D eigenvalue weighted by molar-refractivity contribution is 6.01. The fraction of sp³-hybridized carbons (Fsp3) is 0.526. The molecule has 1 N–H and O–H groups in total. The van der Waals surface area contributed by atoms with Crippen LogP contribution in [0.3, 0.4) is 0 Å².